The van der Waals surface area contributed by atoms with E-state index in [0.717, 1.165) is 17.6 Å². The molecule has 2 unspecified atom stereocenters. The van der Waals surface area contributed by atoms with E-state index in [1.807, 2.05) is 6.92 Å². The molecule has 0 aromatic heterocycles. The van der Waals surface area contributed by atoms with E-state index < -0.39 is 0 Å². The second kappa shape index (κ2) is 6.25. The summed E-state index contributed by atoms with van der Waals surface area (Å²) in [6.07, 6.45) is 2.55. The molecule has 1 aliphatic heterocycles. The number of piperidine rings is 1. The van der Waals surface area contributed by atoms with Crippen molar-refractivity contribution in [2.75, 3.05) is 32.1 Å². The van der Waals surface area contributed by atoms with Gasteiger partial charge >= 0.3 is 0 Å². The third-order valence-corrected chi connectivity index (χ3v) is 4.60. The van der Waals surface area contributed by atoms with E-state index in [0.29, 0.717) is 6.04 Å². The Morgan fingerprint density at radius 2 is 2.16 bits per heavy atom. The Morgan fingerprint density at radius 3 is 2.74 bits per heavy atom. The molecular formula is C15H24BrN3. The van der Waals surface area contributed by atoms with Crippen LogP contribution in [0.25, 0.3) is 0 Å². The summed E-state index contributed by atoms with van der Waals surface area (Å²) in [4.78, 5) is 4.81. The van der Waals surface area contributed by atoms with Crippen LogP contribution >= 0.6 is 15.9 Å². The van der Waals surface area contributed by atoms with E-state index in [4.69, 9.17) is 5.73 Å². The van der Waals surface area contributed by atoms with Crippen molar-refractivity contribution in [3.8, 4) is 0 Å². The summed E-state index contributed by atoms with van der Waals surface area (Å²) in [5.41, 5.74) is 8.40. The highest BCUT2D eigenvalue weighted by atomic mass is 79.9. The minimum Gasteiger partial charge on any atom is -0.369 e. The molecule has 0 amide bonds. The summed E-state index contributed by atoms with van der Waals surface area (Å²) in [7, 11) is 4.34. The van der Waals surface area contributed by atoms with Crippen molar-refractivity contribution < 1.29 is 0 Å². The Kier molecular flexibility index (Phi) is 4.87. The Labute approximate surface area is 124 Å². The molecule has 1 saturated heterocycles. The molecule has 0 radical (unpaired) electrons. The Hall–Kier alpha value is -0.580. The molecule has 1 heterocycles. The molecule has 0 aliphatic carbocycles. The van der Waals surface area contributed by atoms with Gasteiger partial charge in [-0.2, -0.15) is 0 Å². The van der Waals surface area contributed by atoms with Crippen LogP contribution in [0.4, 0.5) is 5.69 Å². The highest BCUT2D eigenvalue weighted by Gasteiger charge is 2.22. The number of nitrogens with zero attached hydrogens (tertiary/aromatic N) is 2. The number of hydrogen-bond acceptors (Lipinski definition) is 3. The van der Waals surface area contributed by atoms with E-state index in [9.17, 15) is 0 Å². The van der Waals surface area contributed by atoms with E-state index in [2.05, 4.69) is 58.0 Å². The summed E-state index contributed by atoms with van der Waals surface area (Å²) >= 11 is 3.70. The number of nitrogens with two attached hydrogens (primary N) is 1. The topological polar surface area (TPSA) is 32.5 Å². The second-order valence-corrected chi connectivity index (χ2v) is 6.56. The first kappa shape index (κ1) is 14.8. The van der Waals surface area contributed by atoms with Gasteiger partial charge in [0, 0.05) is 29.6 Å². The number of halogens is 1. The highest BCUT2D eigenvalue weighted by molar-refractivity contribution is 9.10. The van der Waals surface area contributed by atoms with Gasteiger partial charge in [0.05, 0.1) is 5.69 Å². The van der Waals surface area contributed by atoms with E-state index in [-0.39, 0.29) is 6.04 Å². The SMILES string of the molecule is CC(N)c1ccc(N2CCCC(N(C)C)C2)c(Br)c1. The largest absolute Gasteiger partial charge is 0.369 e. The fraction of sp³-hybridized carbons (Fsp3) is 0.600. The molecule has 0 spiro atoms. The van der Waals surface area contributed by atoms with Crippen molar-refractivity contribution in [2.45, 2.75) is 31.8 Å². The van der Waals surface area contributed by atoms with Crippen LogP contribution in [0.1, 0.15) is 31.4 Å². The molecule has 0 bridgehead atoms. The van der Waals surface area contributed by atoms with Gasteiger partial charge in [-0.15, -0.1) is 0 Å². The average Bonchev–Trinajstić information content (AvgIpc) is 2.38. The van der Waals surface area contributed by atoms with Gasteiger partial charge in [-0.25, -0.2) is 0 Å². The van der Waals surface area contributed by atoms with Gasteiger partial charge < -0.3 is 15.5 Å². The molecule has 2 atom stereocenters. The number of rotatable bonds is 3. The molecule has 3 nitrogen and oxygen atoms in total. The predicted molar refractivity (Wildman–Crippen MR) is 85.7 cm³/mol. The van der Waals surface area contributed by atoms with Crippen LogP contribution in [0.2, 0.25) is 0 Å². The van der Waals surface area contributed by atoms with E-state index >= 15 is 0 Å². The summed E-state index contributed by atoms with van der Waals surface area (Å²) < 4.78 is 1.15. The van der Waals surface area contributed by atoms with Gasteiger partial charge in [0.1, 0.15) is 0 Å². The van der Waals surface area contributed by atoms with E-state index in [1.165, 1.54) is 24.1 Å². The Balaban J connectivity index is 2.17. The minimum absolute atomic E-state index is 0.0845. The molecule has 106 valence electrons. The molecule has 0 saturated carbocycles. The summed E-state index contributed by atoms with van der Waals surface area (Å²) in [6.45, 7) is 4.26. The number of likely N-dealkylation sites (N-methyl/N-ethyl adjacent to an activating group) is 1. The van der Waals surface area contributed by atoms with Gasteiger partial charge in [-0.05, 0) is 67.5 Å². The molecular weight excluding hydrogens is 302 g/mol. The molecule has 1 fully saturated rings. The minimum atomic E-state index is 0.0845. The van der Waals surface area contributed by atoms with Crippen molar-refractivity contribution in [1.29, 1.82) is 0 Å². The lowest BCUT2D eigenvalue weighted by atomic mass is 10.0. The molecule has 1 aromatic carbocycles. The summed E-state index contributed by atoms with van der Waals surface area (Å²) in [5, 5.41) is 0. The van der Waals surface area contributed by atoms with Crippen molar-refractivity contribution >= 4 is 21.6 Å². The van der Waals surface area contributed by atoms with Crippen molar-refractivity contribution in [3.05, 3.63) is 28.2 Å². The quantitative estimate of drug-likeness (QED) is 0.927. The number of benzene rings is 1. The molecule has 1 aromatic rings. The zero-order valence-corrected chi connectivity index (χ0v) is 13.7. The van der Waals surface area contributed by atoms with Crippen LogP contribution < -0.4 is 10.6 Å². The maximum Gasteiger partial charge on any atom is 0.0511 e. The first-order valence-electron chi connectivity index (χ1n) is 6.95. The maximum absolute atomic E-state index is 5.93. The molecule has 2 N–H and O–H groups in total. The normalized spacial score (nSPS) is 21.8. The second-order valence-electron chi connectivity index (χ2n) is 5.71. The smallest absolute Gasteiger partial charge is 0.0511 e. The molecule has 1 aliphatic rings. The van der Waals surface area contributed by atoms with Gasteiger partial charge in [-0.3, -0.25) is 0 Å². The lowest BCUT2D eigenvalue weighted by Gasteiger charge is -2.38. The lowest BCUT2D eigenvalue weighted by molar-refractivity contribution is 0.258. The highest BCUT2D eigenvalue weighted by Crippen LogP contribution is 2.31. The fourth-order valence-corrected chi connectivity index (χ4v) is 3.31. The van der Waals surface area contributed by atoms with Gasteiger partial charge in [0.2, 0.25) is 0 Å². The first-order valence-corrected chi connectivity index (χ1v) is 7.74. The zero-order valence-electron chi connectivity index (χ0n) is 12.1. The van der Waals surface area contributed by atoms with Gasteiger partial charge in [0.25, 0.3) is 0 Å². The monoisotopic (exact) mass is 325 g/mol. The number of hydrogen-bond donors (Lipinski definition) is 1. The summed E-state index contributed by atoms with van der Waals surface area (Å²) in [5.74, 6) is 0. The van der Waals surface area contributed by atoms with Crippen LogP contribution in [0.3, 0.4) is 0 Å². The van der Waals surface area contributed by atoms with Crippen LogP contribution in [0.15, 0.2) is 22.7 Å². The summed E-state index contributed by atoms with van der Waals surface area (Å²) in [6, 6.07) is 7.22. The van der Waals surface area contributed by atoms with Crippen LogP contribution in [-0.2, 0) is 0 Å². The molecule has 19 heavy (non-hydrogen) atoms. The predicted octanol–water partition coefficient (Wildman–Crippen LogP) is 3.00. The molecule has 2 rings (SSSR count). The van der Waals surface area contributed by atoms with Crippen molar-refractivity contribution in [2.24, 2.45) is 5.73 Å². The Bertz CT molecular complexity index is 431. The maximum atomic E-state index is 5.93. The third kappa shape index (κ3) is 3.50. The van der Waals surface area contributed by atoms with Crippen molar-refractivity contribution in [3.63, 3.8) is 0 Å². The van der Waals surface area contributed by atoms with Crippen molar-refractivity contribution in [1.82, 2.24) is 4.90 Å². The van der Waals surface area contributed by atoms with Gasteiger partial charge in [-0.1, -0.05) is 6.07 Å². The number of anilines is 1. The molecule has 4 heteroatoms. The zero-order chi connectivity index (χ0) is 14.0. The average molecular weight is 326 g/mol. The lowest BCUT2D eigenvalue weighted by Crippen LogP contribution is -2.45. The fourth-order valence-electron chi connectivity index (χ4n) is 2.66. The van der Waals surface area contributed by atoms with Crippen LogP contribution in [0.5, 0.6) is 0 Å². The standard InChI is InChI=1S/C15H24BrN3/c1-11(17)12-6-7-15(14(16)9-12)19-8-4-5-13(10-19)18(2)3/h6-7,9,11,13H,4-5,8,10,17H2,1-3H3. The van der Waals surface area contributed by atoms with Crippen LogP contribution in [0, 0.1) is 0 Å². The van der Waals surface area contributed by atoms with Gasteiger partial charge in [0.15, 0.2) is 0 Å². The first-order chi connectivity index (χ1) is 8.99. The van der Waals surface area contributed by atoms with E-state index in [1.54, 1.807) is 0 Å². The third-order valence-electron chi connectivity index (χ3n) is 3.97. The van der Waals surface area contributed by atoms with Crippen LogP contribution in [-0.4, -0.2) is 38.1 Å². The Morgan fingerprint density at radius 1 is 1.42 bits per heavy atom.